The molecule has 0 amide bonds. The van der Waals surface area contributed by atoms with Gasteiger partial charge in [-0.1, -0.05) is 11.6 Å². The van der Waals surface area contributed by atoms with E-state index in [0.29, 0.717) is 0 Å². The van der Waals surface area contributed by atoms with Gasteiger partial charge in [-0.25, -0.2) is 0 Å². The van der Waals surface area contributed by atoms with Crippen LogP contribution in [0.15, 0.2) is 16.9 Å². The van der Waals surface area contributed by atoms with Crippen molar-refractivity contribution >= 4 is 24.5 Å². The Morgan fingerprint density at radius 1 is 1.31 bits per heavy atom. The van der Waals surface area contributed by atoms with Crippen LogP contribution in [0.25, 0.3) is 0 Å². The van der Waals surface area contributed by atoms with Crippen LogP contribution < -0.4 is 10.9 Å². The molecule has 0 aliphatic carbocycles. The Morgan fingerprint density at radius 2 is 1.88 bits per heavy atom. The summed E-state index contributed by atoms with van der Waals surface area (Å²) in [4.78, 5) is 13.9. The third kappa shape index (κ3) is 2.95. The van der Waals surface area contributed by atoms with Crippen LogP contribution in [0.5, 0.6) is 0 Å². The molecule has 0 atom stereocenters. The molecule has 0 aliphatic heterocycles. The predicted octanol–water partition coefficient (Wildman–Crippen LogP) is 1.92. The minimum atomic E-state index is -3.53. The number of H-pyrrole nitrogens is 1. The second-order valence-electron chi connectivity index (χ2n) is 2.85. The minimum absolute atomic E-state index is 0.0272. The molecule has 0 saturated heterocycles. The van der Waals surface area contributed by atoms with Gasteiger partial charge < -0.3 is 14.0 Å². The fourth-order valence-electron chi connectivity index (χ4n) is 1.17. The van der Waals surface area contributed by atoms with E-state index in [0.717, 1.165) is 0 Å². The summed E-state index contributed by atoms with van der Waals surface area (Å²) >= 11 is 5.59. The van der Waals surface area contributed by atoms with Crippen LogP contribution in [-0.2, 0) is 13.6 Å². The van der Waals surface area contributed by atoms with Gasteiger partial charge in [0.2, 0.25) is 0 Å². The van der Waals surface area contributed by atoms with Crippen molar-refractivity contribution in [1.82, 2.24) is 4.98 Å². The predicted molar refractivity (Wildman–Crippen MR) is 62.6 cm³/mol. The van der Waals surface area contributed by atoms with Gasteiger partial charge in [0, 0.05) is 0 Å². The third-order valence-corrected chi connectivity index (χ3v) is 4.11. The first-order valence-electron chi connectivity index (χ1n) is 4.82. The first-order chi connectivity index (χ1) is 7.53. The molecule has 1 rings (SSSR count). The zero-order chi connectivity index (χ0) is 12.2. The summed E-state index contributed by atoms with van der Waals surface area (Å²) < 4.78 is 22.3. The second kappa shape index (κ2) is 5.64. The first-order valence-corrected chi connectivity index (χ1v) is 6.74. The van der Waals surface area contributed by atoms with Crippen LogP contribution in [0.1, 0.15) is 13.8 Å². The maximum absolute atomic E-state index is 12.2. The number of rotatable bonds is 5. The van der Waals surface area contributed by atoms with E-state index in [1.807, 2.05) is 0 Å². The van der Waals surface area contributed by atoms with Crippen molar-refractivity contribution in [2.24, 2.45) is 0 Å². The molecule has 1 aromatic heterocycles. The summed E-state index contributed by atoms with van der Waals surface area (Å²) in [7, 11) is -3.53. The Morgan fingerprint density at radius 3 is 2.31 bits per heavy atom. The van der Waals surface area contributed by atoms with Crippen molar-refractivity contribution in [1.29, 1.82) is 0 Å². The Labute approximate surface area is 98.3 Å². The highest BCUT2D eigenvalue weighted by atomic mass is 35.5. The SMILES string of the molecule is CCOP(=O)(OCC)c1ccc(Cl)[nH]c1=O. The highest BCUT2D eigenvalue weighted by Crippen LogP contribution is 2.45. The van der Waals surface area contributed by atoms with Crippen LogP contribution >= 0.6 is 19.2 Å². The molecule has 1 aromatic rings. The van der Waals surface area contributed by atoms with E-state index in [-0.39, 0.29) is 23.7 Å². The van der Waals surface area contributed by atoms with Crippen LogP contribution in [0, 0.1) is 0 Å². The quantitative estimate of drug-likeness (QED) is 0.652. The Kier molecular flexibility index (Phi) is 4.74. The lowest BCUT2D eigenvalue weighted by molar-refractivity contribution is 0.229. The van der Waals surface area contributed by atoms with E-state index in [1.165, 1.54) is 12.1 Å². The normalized spacial score (nSPS) is 11.7. The molecule has 0 aliphatic rings. The van der Waals surface area contributed by atoms with Crippen LogP contribution in [0.2, 0.25) is 5.15 Å². The summed E-state index contributed by atoms with van der Waals surface area (Å²) in [5.74, 6) is 0. The fraction of sp³-hybridized carbons (Fsp3) is 0.444. The van der Waals surface area contributed by atoms with Crippen molar-refractivity contribution in [3.05, 3.63) is 27.6 Å². The van der Waals surface area contributed by atoms with E-state index < -0.39 is 13.2 Å². The van der Waals surface area contributed by atoms with Gasteiger partial charge >= 0.3 is 7.60 Å². The molecule has 0 radical (unpaired) electrons. The molecule has 7 heteroatoms. The minimum Gasteiger partial charge on any atom is -0.312 e. The summed E-state index contributed by atoms with van der Waals surface area (Å²) in [5, 5.41) is 0.147. The molecule has 0 fully saturated rings. The maximum Gasteiger partial charge on any atom is 0.366 e. The van der Waals surface area contributed by atoms with E-state index in [1.54, 1.807) is 13.8 Å². The van der Waals surface area contributed by atoms with Crippen molar-refractivity contribution in [2.75, 3.05) is 13.2 Å². The van der Waals surface area contributed by atoms with Gasteiger partial charge in [-0.15, -0.1) is 0 Å². The molecule has 0 spiro atoms. The second-order valence-corrected chi connectivity index (χ2v) is 5.25. The fourth-order valence-corrected chi connectivity index (χ4v) is 2.92. The summed E-state index contributed by atoms with van der Waals surface area (Å²) in [5.41, 5.74) is -0.558. The molecule has 0 aromatic carbocycles. The molecule has 0 bridgehead atoms. The zero-order valence-electron chi connectivity index (χ0n) is 9.03. The highest BCUT2D eigenvalue weighted by Gasteiger charge is 2.29. The topological polar surface area (TPSA) is 68.4 Å². The lowest BCUT2D eigenvalue weighted by Crippen LogP contribution is -2.28. The standard InChI is InChI=1S/C9H13ClNO4P/c1-3-14-16(13,15-4-2)7-5-6-8(10)11-9(7)12/h5-6H,3-4H2,1-2H3,(H,11,12). The highest BCUT2D eigenvalue weighted by molar-refractivity contribution is 7.62. The Bertz CT molecular complexity index is 449. The average Bonchev–Trinajstić information content (AvgIpc) is 2.17. The molecule has 90 valence electrons. The zero-order valence-corrected chi connectivity index (χ0v) is 10.7. The molecule has 0 saturated carbocycles. The first kappa shape index (κ1) is 13.5. The number of hydrogen-bond acceptors (Lipinski definition) is 4. The molecule has 16 heavy (non-hydrogen) atoms. The van der Waals surface area contributed by atoms with Crippen molar-refractivity contribution in [2.45, 2.75) is 13.8 Å². The Hall–Kier alpha value is -0.610. The van der Waals surface area contributed by atoms with Gasteiger partial charge in [-0.2, -0.15) is 0 Å². The lowest BCUT2D eigenvalue weighted by atomic mass is 10.5. The largest absolute Gasteiger partial charge is 0.366 e. The van der Waals surface area contributed by atoms with Gasteiger partial charge in [0.25, 0.3) is 5.56 Å². The summed E-state index contributed by atoms with van der Waals surface area (Å²) in [6.45, 7) is 3.74. The lowest BCUT2D eigenvalue weighted by Gasteiger charge is -2.15. The molecular weight excluding hydrogens is 253 g/mol. The molecular formula is C9H13ClNO4P. The number of aromatic amines is 1. The van der Waals surface area contributed by atoms with Crippen LogP contribution in [-0.4, -0.2) is 18.2 Å². The number of hydrogen-bond donors (Lipinski definition) is 1. The van der Waals surface area contributed by atoms with Gasteiger partial charge in [0.15, 0.2) is 0 Å². The van der Waals surface area contributed by atoms with Crippen LogP contribution in [0.3, 0.4) is 0 Å². The van der Waals surface area contributed by atoms with E-state index in [4.69, 9.17) is 20.6 Å². The van der Waals surface area contributed by atoms with Crippen LogP contribution in [0.4, 0.5) is 0 Å². The van der Waals surface area contributed by atoms with Gasteiger partial charge in [0.1, 0.15) is 10.5 Å². The van der Waals surface area contributed by atoms with Crippen molar-refractivity contribution < 1.29 is 13.6 Å². The van der Waals surface area contributed by atoms with Gasteiger partial charge in [-0.05, 0) is 26.0 Å². The number of nitrogens with one attached hydrogen (secondary N) is 1. The number of halogens is 1. The smallest absolute Gasteiger partial charge is 0.312 e. The summed E-state index contributed by atoms with van der Waals surface area (Å²) in [6, 6.07) is 2.79. The number of aromatic nitrogens is 1. The molecule has 5 nitrogen and oxygen atoms in total. The number of pyridine rings is 1. The van der Waals surface area contributed by atoms with E-state index in [2.05, 4.69) is 4.98 Å². The maximum atomic E-state index is 12.2. The summed E-state index contributed by atoms with van der Waals surface area (Å²) in [6.07, 6.45) is 0. The van der Waals surface area contributed by atoms with Gasteiger partial charge in [0.05, 0.1) is 13.2 Å². The van der Waals surface area contributed by atoms with Crippen molar-refractivity contribution in [3.63, 3.8) is 0 Å². The Balaban J connectivity index is 3.21. The average molecular weight is 266 g/mol. The van der Waals surface area contributed by atoms with Gasteiger partial charge in [-0.3, -0.25) is 9.36 Å². The molecule has 0 unspecified atom stereocenters. The third-order valence-electron chi connectivity index (χ3n) is 1.75. The van der Waals surface area contributed by atoms with E-state index >= 15 is 0 Å². The molecule has 1 heterocycles. The van der Waals surface area contributed by atoms with E-state index in [9.17, 15) is 9.36 Å². The van der Waals surface area contributed by atoms with Crippen molar-refractivity contribution in [3.8, 4) is 0 Å². The molecule has 1 N–H and O–H groups in total. The monoisotopic (exact) mass is 265 g/mol.